The summed E-state index contributed by atoms with van der Waals surface area (Å²) in [5.74, 6) is -0.611. The fraction of sp³-hybridized carbons (Fsp3) is 0.353. The van der Waals surface area contributed by atoms with E-state index in [1.807, 2.05) is 0 Å². The quantitative estimate of drug-likeness (QED) is 0.783. The fourth-order valence-corrected chi connectivity index (χ4v) is 3.53. The molecule has 1 aromatic carbocycles. The molecule has 26 heavy (non-hydrogen) atoms. The number of thiazole rings is 1. The van der Waals surface area contributed by atoms with Crippen LogP contribution in [0.3, 0.4) is 0 Å². The van der Waals surface area contributed by atoms with Crippen molar-refractivity contribution in [2.75, 3.05) is 25.0 Å². The molecule has 6 nitrogen and oxygen atoms in total. The average Bonchev–Trinajstić information content (AvgIpc) is 3.30. The number of nitrogens with zero attached hydrogens (tertiary/aromatic N) is 2. The van der Waals surface area contributed by atoms with Gasteiger partial charge in [-0.3, -0.25) is 9.59 Å². The standard InChI is InChI=1S/C17H17Cl2N3O3S/c18-13-4-3-11(8-14(13)19)16(24)22(9-12-2-1-6-25-12)10-15(23)21-17-20-5-7-26-17/h3-5,7-8,12H,1-2,6,9-10H2,(H,20,21,23)/t12-/m0/s1. The van der Waals surface area contributed by atoms with Gasteiger partial charge in [0, 0.05) is 30.3 Å². The van der Waals surface area contributed by atoms with Crippen LogP contribution in [0.5, 0.6) is 0 Å². The number of benzene rings is 1. The molecule has 1 saturated heterocycles. The van der Waals surface area contributed by atoms with Crippen LogP contribution in [-0.2, 0) is 9.53 Å². The molecule has 2 aromatic rings. The van der Waals surface area contributed by atoms with Gasteiger partial charge in [0.15, 0.2) is 5.13 Å². The van der Waals surface area contributed by atoms with Crippen molar-refractivity contribution in [3.8, 4) is 0 Å². The van der Waals surface area contributed by atoms with Crippen molar-refractivity contribution in [2.24, 2.45) is 0 Å². The van der Waals surface area contributed by atoms with E-state index in [1.165, 1.54) is 22.3 Å². The van der Waals surface area contributed by atoms with E-state index in [4.69, 9.17) is 27.9 Å². The Labute approximate surface area is 165 Å². The zero-order chi connectivity index (χ0) is 18.5. The van der Waals surface area contributed by atoms with Gasteiger partial charge >= 0.3 is 0 Å². The first-order valence-corrected chi connectivity index (χ1v) is 9.72. The summed E-state index contributed by atoms with van der Waals surface area (Å²) in [5.41, 5.74) is 0.374. The van der Waals surface area contributed by atoms with Crippen LogP contribution in [0, 0.1) is 0 Å². The summed E-state index contributed by atoms with van der Waals surface area (Å²) >= 11 is 13.3. The zero-order valence-corrected chi connectivity index (χ0v) is 16.1. The minimum absolute atomic E-state index is 0.0746. The second kappa shape index (κ2) is 8.81. The van der Waals surface area contributed by atoms with Crippen LogP contribution >= 0.6 is 34.5 Å². The lowest BCUT2D eigenvalue weighted by Crippen LogP contribution is -2.42. The third kappa shape index (κ3) is 4.94. The monoisotopic (exact) mass is 413 g/mol. The molecule has 2 heterocycles. The van der Waals surface area contributed by atoms with Gasteiger partial charge in [-0.05, 0) is 31.0 Å². The number of hydrogen-bond acceptors (Lipinski definition) is 5. The summed E-state index contributed by atoms with van der Waals surface area (Å²) in [6, 6.07) is 4.67. The molecule has 0 aliphatic carbocycles. The highest BCUT2D eigenvalue weighted by molar-refractivity contribution is 7.13. The molecule has 9 heteroatoms. The summed E-state index contributed by atoms with van der Waals surface area (Å²) in [5, 5.41) is 5.61. The Kier molecular flexibility index (Phi) is 6.48. The average molecular weight is 414 g/mol. The highest BCUT2D eigenvalue weighted by atomic mass is 35.5. The van der Waals surface area contributed by atoms with Gasteiger partial charge in [-0.1, -0.05) is 23.2 Å². The molecule has 2 amide bonds. The molecule has 1 N–H and O–H groups in total. The number of aromatic nitrogens is 1. The van der Waals surface area contributed by atoms with Crippen LogP contribution in [0.25, 0.3) is 0 Å². The van der Waals surface area contributed by atoms with Crippen LogP contribution in [0.15, 0.2) is 29.8 Å². The molecule has 0 saturated carbocycles. The molecule has 1 aliphatic rings. The number of amides is 2. The highest BCUT2D eigenvalue weighted by Gasteiger charge is 2.25. The molecule has 3 rings (SSSR count). The predicted octanol–water partition coefficient (Wildman–Crippen LogP) is 3.71. The molecule has 0 radical (unpaired) electrons. The normalized spacial score (nSPS) is 16.5. The second-order valence-electron chi connectivity index (χ2n) is 5.84. The van der Waals surface area contributed by atoms with E-state index in [2.05, 4.69) is 10.3 Å². The second-order valence-corrected chi connectivity index (χ2v) is 7.54. The Bertz CT molecular complexity index is 780. The lowest BCUT2D eigenvalue weighted by molar-refractivity contribution is -0.117. The Morgan fingerprint density at radius 1 is 1.35 bits per heavy atom. The van der Waals surface area contributed by atoms with Gasteiger partial charge in [-0.2, -0.15) is 0 Å². The van der Waals surface area contributed by atoms with Gasteiger partial charge in [0.2, 0.25) is 5.91 Å². The molecular weight excluding hydrogens is 397 g/mol. The molecule has 1 aromatic heterocycles. The molecular formula is C17H17Cl2N3O3S. The summed E-state index contributed by atoms with van der Waals surface area (Å²) in [6.07, 6.45) is 3.34. The van der Waals surface area contributed by atoms with Gasteiger partial charge in [-0.15, -0.1) is 11.3 Å². The fourth-order valence-electron chi connectivity index (χ4n) is 2.68. The number of anilines is 1. The third-order valence-electron chi connectivity index (χ3n) is 3.91. The molecule has 0 spiro atoms. The molecule has 1 fully saturated rings. The van der Waals surface area contributed by atoms with Gasteiger partial charge < -0.3 is 15.0 Å². The maximum atomic E-state index is 12.9. The van der Waals surface area contributed by atoms with Crippen LogP contribution < -0.4 is 5.32 Å². The van der Waals surface area contributed by atoms with E-state index < -0.39 is 0 Å². The first kappa shape index (κ1) is 19.1. The first-order valence-electron chi connectivity index (χ1n) is 8.08. The van der Waals surface area contributed by atoms with Gasteiger partial charge in [-0.25, -0.2) is 4.98 Å². The lowest BCUT2D eigenvalue weighted by atomic mass is 10.1. The molecule has 0 unspecified atom stereocenters. The van der Waals surface area contributed by atoms with Crippen LogP contribution in [-0.4, -0.2) is 47.5 Å². The molecule has 0 bridgehead atoms. The van der Waals surface area contributed by atoms with Crippen molar-refractivity contribution in [3.63, 3.8) is 0 Å². The Balaban J connectivity index is 1.73. The van der Waals surface area contributed by atoms with E-state index in [1.54, 1.807) is 23.7 Å². The lowest BCUT2D eigenvalue weighted by Gasteiger charge is -2.25. The SMILES string of the molecule is O=C(CN(C[C@@H]1CCCO1)C(=O)c1ccc(Cl)c(Cl)c1)Nc1nccs1. The number of rotatable bonds is 6. The first-order chi connectivity index (χ1) is 12.5. The predicted molar refractivity (Wildman–Crippen MR) is 102 cm³/mol. The minimum atomic E-state index is -0.314. The number of carbonyl (C=O) groups is 2. The maximum absolute atomic E-state index is 12.9. The third-order valence-corrected chi connectivity index (χ3v) is 5.34. The van der Waals surface area contributed by atoms with E-state index in [0.29, 0.717) is 33.9 Å². The molecule has 138 valence electrons. The van der Waals surface area contributed by atoms with Crippen molar-refractivity contribution in [1.29, 1.82) is 0 Å². The van der Waals surface area contributed by atoms with Crippen LogP contribution in [0.2, 0.25) is 10.0 Å². The maximum Gasteiger partial charge on any atom is 0.254 e. The van der Waals surface area contributed by atoms with Crippen molar-refractivity contribution < 1.29 is 14.3 Å². The zero-order valence-electron chi connectivity index (χ0n) is 13.8. The largest absolute Gasteiger partial charge is 0.376 e. The Morgan fingerprint density at radius 2 is 2.19 bits per heavy atom. The van der Waals surface area contributed by atoms with Crippen LogP contribution in [0.4, 0.5) is 5.13 Å². The summed E-state index contributed by atoms with van der Waals surface area (Å²) in [6.45, 7) is 0.910. The Hall–Kier alpha value is -1.67. The van der Waals surface area contributed by atoms with Crippen molar-refractivity contribution in [2.45, 2.75) is 18.9 Å². The number of halogens is 2. The van der Waals surface area contributed by atoms with E-state index in [9.17, 15) is 9.59 Å². The van der Waals surface area contributed by atoms with Crippen molar-refractivity contribution in [1.82, 2.24) is 9.88 Å². The van der Waals surface area contributed by atoms with Gasteiger partial charge in [0.1, 0.15) is 6.54 Å². The summed E-state index contributed by atoms with van der Waals surface area (Å²) in [4.78, 5) is 30.7. The van der Waals surface area contributed by atoms with E-state index >= 15 is 0 Å². The number of hydrogen-bond donors (Lipinski definition) is 1. The van der Waals surface area contributed by atoms with Crippen LogP contribution in [0.1, 0.15) is 23.2 Å². The number of ether oxygens (including phenoxy) is 1. The minimum Gasteiger partial charge on any atom is -0.376 e. The topological polar surface area (TPSA) is 71.5 Å². The Morgan fingerprint density at radius 3 is 2.85 bits per heavy atom. The molecule has 1 atom stereocenters. The van der Waals surface area contributed by atoms with Crippen molar-refractivity contribution in [3.05, 3.63) is 45.4 Å². The van der Waals surface area contributed by atoms with E-state index in [-0.39, 0.29) is 24.5 Å². The smallest absolute Gasteiger partial charge is 0.254 e. The van der Waals surface area contributed by atoms with Gasteiger partial charge in [0.25, 0.3) is 5.91 Å². The highest BCUT2D eigenvalue weighted by Crippen LogP contribution is 2.24. The molecule has 1 aliphatic heterocycles. The number of carbonyl (C=O) groups excluding carboxylic acids is 2. The summed E-state index contributed by atoms with van der Waals surface area (Å²) in [7, 11) is 0. The number of nitrogens with one attached hydrogen (secondary N) is 1. The van der Waals surface area contributed by atoms with Gasteiger partial charge in [0.05, 0.1) is 16.1 Å². The van der Waals surface area contributed by atoms with Crippen molar-refractivity contribution >= 4 is 51.5 Å². The summed E-state index contributed by atoms with van der Waals surface area (Å²) < 4.78 is 5.62. The van der Waals surface area contributed by atoms with E-state index in [0.717, 1.165) is 12.8 Å².